The monoisotopic (exact) mass is 417 g/mol. The second-order valence-corrected chi connectivity index (χ2v) is 7.88. The van der Waals surface area contributed by atoms with Crippen LogP contribution >= 0.6 is 0 Å². The molecule has 4 rings (SSSR count). The van der Waals surface area contributed by atoms with Crippen molar-refractivity contribution < 1.29 is 9.59 Å². The van der Waals surface area contributed by atoms with Crippen LogP contribution in [0.4, 0.5) is 0 Å². The van der Waals surface area contributed by atoms with Crippen LogP contribution < -0.4 is 0 Å². The quantitative estimate of drug-likeness (QED) is 0.640. The number of amides is 2. The lowest BCUT2D eigenvalue weighted by Gasteiger charge is -2.23. The van der Waals surface area contributed by atoms with Crippen molar-refractivity contribution in [2.24, 2.45) is 13.0 Å². The SMILES string of the molecule is CCN1CCN(C(=O)c2ccn(C)n2)C[C@@H](Cc2ccc(-c3cccnc3)cc2)C1=O. The molecule has 1 aliphatic heterocycles. The fraction of sp³-hybridized carbons (Fsp3) is 0.333. The maximum absolute atomic E-state index is 13.1. The summed E-state index contributed by atoms with van der Waals surface area (Å²) in [4.78, 5) is 33.9. The van der Waals surface area contributed by atoms with Crippen molar-refractivity contribution in [2.75, 3.05) is 26.2 Å². The Morgan fingerprint density at radius 2 is 1.90 bits per heavy atom. The van der Waals surface area contributed by atoms with E-state index in [1.54, 1.807) is 35.1 Å². The standard InChI is InChI=1S/C24H27N5O2/c1-3-28-13-14-29(24(31)22-10-12-27(2)26-22)17-21(23(28)30)15-18-6-8-19(9-7-18)20-5-4-11-25-16-20/h4-12,16,21H,3,13-15,17H2,1-2H3/t21-/m1/s1. The molecule has 7 nitrogen and oxygen atoms in total. The molecule has 160 valence electrons. The number of hydrogen-bond acceptors (Lipinski definition) is 4. The third-order valence-electron chi connectivity index (χ3n) is 5.77. The van der Waals surface area contributed by atoms with Crippen LogP contribution in [0.3, 0.4) is 0 Å². The van der Waals surface area contributed by atoms with Crippen LogP contribution in [0.1, 0.15) is 23.0 Å². The summed E-state index contributed by atoms with van der Waals surface area (Å²) in [5, 5.41) is 4.24. The first kappa shape index (κ1) is 20.8. The van der Waals surface area contributed by atoms with Crippen LogP contribution in [-0.2, 0) is 18.3 Å². The molecule has 1 fully saturated rings. The van der Waals surface area contributed by atoms with Crippen LogP contribution in [0.2, 0.25) is 0 Å². The van der Waals surface area contributed by atoms with Gasteiger partial charge in [0.15, 0.2) is 0 Å². The molecular formula is C24H27N5O2. The Kier molecular flexibility index (Phi) is 6.11. The summed E-state index contributed by atoms with van der Waals surface area (Å²) >= 11 is 0. The summed E-state index contributed by atoms with van der Waals surface area (Å²) in [6.45, 7) is 4.08. The van der Waals surface area contributed by atoms with Gasteiger partial charge in [0.25, 0.3) is 5.91 Å². The minimum Gasteiger partial charge on any atom is -0.341 e. The van der Waals surface area contributed by atoms with Gasteiger partial charge in [0.05, 0.1) is 5.92 Å². The Hall–Kier alpha value is -3.48. The number of rotatable bonds is 5. The second kappa shape index (κ2) is 9.12. The predicted octanol–water partition coefficient (Wildman–Crippen LogP) is 2.65. The normalized spacial score (nSPS) is 17.0. The summed E-state index contributed by atoms with van der Waals surface area (Å²) in [5.41, 5.74) is 3.64. The van der Waals surface area contributed by atoms with Crippen LogP contribution in [0.5, 0.6) is 0 Å². The van der Waals surface area contributed by atoms with E-state index in [4.69, 9.17) is 0 Å². The molecular weight excluding hydrogens is 390 g/mol. The van der Waals surface area contributed by atoms with Crippen molar-refractivity contribution in [1.29, 1.82) is 0 Å². The van der Waals surface area contributed by atoms with Crippen LogP contribution in [0.15, 0.2) is 61.1 Å². The molecule has 0 N–H and O–H groups in total. The van der Waals surface area contributed by atoms with Gasteiger partial charge in [0.1, 0.15) is 5.69 Å². The van der Waals surface area contributed by atoms with E-state index in [0.29, 0.717) is 38.3 Å². The van der Waals surface area contributed by atoms with E-state index in [1.807, 2.05) is 30.2 Å². The Bertz CT molecular complexity index is 1050. The molecule has 0 radical (unpaired) electrons. The van der Waals surface area contributed by atoms with Crippen molar-refractivity contribution in [2.45, 2.75) is 13.3 Å². The molecule has 0 unspecified atom stereocenters. The number of pyridine rings is 1. The number of carbonyl (C=O) groups excluding carboxylic acids is 2. The maximum Gasteiger partial charge on any atom is 0.274 e. The number of aryl methyl sites for hydroxylation is 1. The lowest BCUT2D eigenvalue weighted by atomic mass is 9.96. The Morgan fingerprint density at radius 1 is 1.10 bits per heavy atom. The first-order valence-electron chi connectivity index (χ1n) is 10.6. The molecule has 0 bridgehead atoms. The molecule has 1 aromatic carbocycles. The molecule has 2 aromatic heterocycles. The zero-order valence-electron chi connectivity index (χ0n) is 17.9. The van der Waals surface area contributed by atoms with Gasteiger partial charge in [-0.1, -0.05) is 30.3 Å². The van der Waals surface area contributed by atoms with E-state index in [1.165, 1.54) is 0 Å². The van der Waals surface area contributed by atoms with Gasteiger partial charge in [0.2, 0.25) is 5.91 Å². The first-order chi connectivity index (χ1) is 15.0. The highest BCUT2D eigenvalue weighted by atomic mass is 16.2. The lowest BCUT2D eigenvalue weighted by Crippen LogP contribution is -2.38. The number of benzene rings is 1. The van der Waals surface area contributed by atoms with Gasteiger partial charge in [-0.15, -0.1) is 0 Å². The fourth-order valence-electron chi connectivity index (χ4n) is 4.04. The van der Waals surface area contributed by atoms with Gasteiger partial charge in [-0.3, -0.25) is 19.3 Å². The summed E-state index contributed by atoms with van der Waals surface area (Å²) in [5.74, 6) is -0.294. The molecule has 3 aromatic rings. The number of carbonyl (C=O) groups is 2. The van der Waals surface area contributed by atoms with Crippen LogP contribution in [0, 0.1) is 5.92 Å². The Balaban J connectivity index is 1.52. The Morgan fingerprint density at radius 3 is 2.55 bits per heavy atom. The molecule has 0 spiro atoms. The molecule has 1 atom stereocenters. The van der Waals surface area contributed by atoms with Crippen molar-refractivity contribution in [1.82, 2.24) is 24.6 Å². The van der Waals surface area contributed by atoms with Crippen LogP contribution in [0.25, 0.3) is 11.1 Å². The third-order valence-corrected chi connectivity index (χ3v) is 5.77. The van der Waals surface area contributed by atoms with Gasteiger partial charge in [-0.2, -0.15) is 5.10 Å². The summed E-state index contributed by atoms with van der Waals surface area (Å²) in [6, 6.07) is 13.9. The largest absolute Gasteiger partial charge is 0.341 e. The predicted molar refractivity (Wildman–Crippen MR) is 118 cm³/mol. The zero-order valence-corrected chi connectivity index (χ0v) is 17.9. The van der Waals surface area contributed by atoms with E-state index in [0.717, 1.165) is 16.7 Å². The van der Waals surface area contributed by atoms with E-state index < -0.39 is 0 Å². The summed E-state index contributed by atoms with van der Waals surface area (Å²) < 4.78 is 1.62. The second-order valence-electron chi connectivity index (χ2n) is 7.88. The highest BCUT2D eigenvalue weighted by Crippen LogP contribution is 2.22. The molecule has 0 saturated carbocycles. The molecule has 0 aliphatic carbocycles. The summed E-state index contributed by atoms with van der Waals surface area (Å²) in [6.07, 6.45) is 5.95. The third kappa shape index (κ3) is 4.66. The van der Waals surface area contributed by atoms with E-state index in [9.17, 15) is 9.59 Å². The summed E-state index contributed by atoms with van der Waals surface area (Å²) in [7, 11) is 1.79. The van der Waals surface area contributed by atoms with Crippen molar-refractivity contribution in [3.63, 3.8) is 0 Å². The number of aromatic nitrogens is 3. The smallest absolute Gasteiger partial charge is 0.274 e. The minimum absolute atomic E-state index is 0.107. The van der Waals surface area contributed by atoms with Crippen molar-refractivity contribution in [3.05, 3.63) is 72.3 Å². The molecule has 1 aliphatic rings. The fourth-order valence-corrected chi connectivity index (χ4v) is 4.04. The molecule has 7 heteroatoms. The molecule has 3 heterocycles. The topological polar surface area (TPSA) is 71.3 Å². The molecule has 2 amide bonds. The van der Waals surface area contributed by atoms with E-state index in [2.05, 4.69) is 34.3 Å². The highest BCUT2D eigenvalue weighted by Gasteiger charge is 2.32. The van der Waals surface area contributed by atoms with Gasteiger partial charge in [-0.05, 0) is 42.2 Å². The highest BCUT2D eigenvalue weighted by molar-refractivity contribution is 5.93. The van der Waals surface area contributed by atoms with Gasteiger partial charge in [0, 0.05) is 51.8 Å². The average molecular weight is 418 g/mol. The van der Waals surface area contributed by atoms with E-state index in [-0.39, 0.29) is 17.7 Å². The van der Waals surface area contributed by atoms with Crippen molar-refractivity contribution >= 4 is 11.8 Å². The molecule has 1 saturated heterocycles. The number of hydrogen-bond donors (Lipinski definition) is 0. The first-order valence-corrected chi connectivity index (χ1v) is 10.6. The average Bonchev–Trinajstić information content (AvgIpc) is 3.17. The maximum atomic E-state index is 13.1. The number of nitrogens with zero attached hydrogens (tertiary/aromatic N) is 5. The molecule has 31 heavy (non-hydrogen) atoms. The Labute approximate surface area is 182 Å². The van der Waals surface area contributed by atoms with Crippen LogP contribution in [-0.4, -0.2) is 62.6 Å². The van der Waals surface area contributed by atoms with Gasteiger partial charge < -0.3 is 9.80 Å². The lowest BCUT2D eigenvalue weighted by molar-refractivity contribution is -0.134. The minimum atomic E-state index is -0.278. The van der Waals surface area contributed by atoms with Gasteiger partial charge >= 0.3 is 0 Å². The zero-order chi connectivity index (χ0) is 21.8. The van der Waals surface area contributed by atoms with Crippen molar-refractivity contribution in [3.8, 4) is 11.1 Å². The van der Waals surface area contributed by atoms with Gasteiger partial charge in [-0.25, -0.2) is 0 Å². The van der Waals surface area contributed by atoms with E-state index >= 15 is 0 Å². The number of likely N-dealkylation sites (N-methyl/N-ethyl adjacent to an activating group) is 1.